The van der Waals surface area contributed by atoms with E-state index in [-0.39, 0.29) is 24.2 Å². The first-order chi connectivity index (χ1) is 8.06. The highest BCUT2D eigenvalue weighted by molar-refractivity contribution is 6.99. The van der Waals surface area contributed by atoms with Gasteiger partial charge in [-0.1, -0.05) is 0 Å². The zero-order chi connectivity index (χ0) is 12.8. The summed E-state index contributed by atoms with van der Waals surface area (Å²) in [6.45, 7) is 5.62. The maximum absolute atomic E-state index is 12.0. The van der Waals surface area contributed by atoms with Gasteiger partial charge in [-0.2, -0.15) is 8.75 Å². The molecule has 0 aliphatic carbocycles. The van der Waals surface area contributed by atoms with E-state index in [9.17, 15) is 9.59 Å². The molecular weight excluding hydrogens is 242 g/mol. The third-order valence-corrected chi connectivity index (χ3v) is 2.55. The van der Waals surface area contributed by atoms with Gasteiger partial charge in [0.15, 0.2) is 5.69 Å². The minimum atomic E-state index is -0.419. The molecule has 0 spiro atoms. The Bertz CT molecular complexity index is 378. The lowest BCUT2D eigenvalue weighted by Crippen LogP contribution is -2.41. The van der Waals surface area contributed by atoms with E-state index >= 15 is 0 Å². The Labute approximate surface area is 104 Å². The first-order valence-corrected chi connectivity index (χ1v) is 6.03. The Morgan fingerprint density at radius 2 is 2.24 bits per heavy atom. The number of carbonyl (C=O) groups is 2. The molecule has 0 saturated carbocycles. The Balaban J connectivity index is 2.73. The molecule has 0 aliphatic heterocycles. The van der Waals surface area contributed by atoms with Crippen LogP contribution in [0.4, 0.5) is 0 Å². The summed E-state index contributed by atoms with van der Waals surface area (Å²) in [4.78, 5) is 24.8. The number of ether oxygens (including phenoxy) is 1. The van der Waals surface area contributed by atoms with Crippen molar-refractivity contribution in [3.05, 3.63) is 11.9 Å². The molecule has 1 amide bonds. The molecule has 0 aromatic carbocycles. The van der Waals surface area contributed by atoms with Gasteiger partial charge in [0.1, 0.15) is 6.54 Å². The van der Waals surface area contributed by atoms with E-state index in [1.165, 1.54) is 11.1 Å². The van der Waals surface area contributed by atoms with Crippen molar-refractivity contribution in [1.29, 1.82) is 0 Å². The number of amides is 1. The molecular formula is C10H15N3O3S. The van der Waals surface area contributed by atoms with Gasteiger partial charge in [-0.15, -0.1) is 0 Å². The molecule has 0 aliphatic rings. The molecule has 0 bridgehead atoms. The van der Waals surface area contributed by atoms with Crippen molar-refractivity contribution in [2.24, 2.45) is 0 Å². The van der Waals surface area contributed by atoms with Gasteiger partial charge in [0.05, 0.1) is 24.5 Å². The van der Waals surface area contributed by atoms with Crippen molar-refractivity contribution >= 4 is 23.6 Å². The average molecular weight is 257 g/mol. The second-order valence-electron chi connectivity index (χ2n) is 3.62. The maximum Gasteiger partial charge on any atom is 0.325 e. The first-order valence-electron chi connectivity index (χ1n) is 5.30. The average Bonchev–Trinajstić information content (AvgIpc) is 2.78. The molecule has 7 heteroatoms. The molecule has 1 rings (SSSR count). The van der Waals surface area contributed by atoms with Gasteiger partial charge in [0, 0.05) is 6.04 Å². The summed E-state index contributed by atoms with van der Waals surface area (Å²) < 4.78 is 12.5. The molecule has 1 aromatic rings. The van der Waals surface area contributed by atoms with Crippen LogP contribution in [0, 0.1) is 0 Å². The lowest BCUT2D eigenvalue weighted by Gasteiger charge is -2.24. The summed E-state index contributed by atoms with van der Waals surface area (Å²) in [6, 6.07) is -0.103. The summed E-state index contributed by atoms with van der Waals surface area (Å²) in [5, 5.41) is 0. The normalized spacial score (nSPS) is 10.4. The predicted octanol–water partition coefficient (Wildman–Crippen LogP) is 0.952. The number of carbonyl (C=O) groups excluding carboxylic acids is 2. The highest BCUT2D eigenvalue weighted by Crippen LogP contribution is 2.07. The number of nitrogens with zero attached hydrogens (tertiary/aromatic N) is 3. The number of rotatable bonds is 5. The van der Waals surface area contributed by atoms with Gasteiger partial charge < -0.3 is 9.64 Å². The molecule has 0 atom stereocenters. The molecule has 0 fully saturated rings. The van der Waals surface area contributed by atoms with E-state index < -0.39 is 5.97 Å². The fraction of sp³-hybridized carbons (Fsp3) is 0.600. The van der Waals surface area contributed by atoms with E-state index in [4.69, 9.17) is 4.74 Å². The fourth-order valence-corrected chi connectivity index (χ4v) is 1.65. The van der Waals surface area contributed by atoms with Crippen molar-refractivity contribution in [2.45, 2.75) is 26.8 Å². The highest BCUT2D eigenvalue weighted by atomic mass is 32.1. The van der Waals surface area contributed by atoms with Crippen LogP contribution in [0.25, 0.3) is 0 Å². The predicted molar refractivity (Wildman–Crippen MR) is 62.7 cm³/mol. The minimum absolute atomic E-state index is 0.0676. The SMILES string of the molecule is CCOC(=O)CN(C(=O)c1cnsn1)C(C)C. The smallest absolute Gasteiger partial charge is 0.325 e. The molecule has 0 unspecified atom stereocenters. The van der Waals surface area contributed by atoms with Gasteiger partial charge in [-0.3, -0.25) is 9.59 Å². The first kappa shape index (κ1) is 13.6. The molecule has 17 heavy (non-hydrogen) atoms. The zero-order valence-corrected chi connectivity index (χ0v) is 10.9. The quantitative estimate of drug-likeness (QED) is 0.734. The van der Waals surface area contributed by atoms with Gasteiger partial charge in [0.25, 0.3) is 5.91 Å². The summed E-state index contributed by atoms with van der Waals surface area (Å²) in [6.07, 6.45) is 1.40. The molecule has 0 N–H and O–H groups in total. The van der Waals surface area contributed by atoms with Gasteiger partial charge in [0.2, 0.25) is 0 Å². The third kappa shape index (κ3) is 3.77. The fourth-order valence-electron chi connectivity index (χ4n) is 1.24. The Morgan fingerprint density at radius 1 is 1.53 bits per heavy atom. The second kappa shape index (κ2) is 6.29. The summed E-state index contributed by atoms with van der Waals surface area (Å²) in [7, 11) is 0. The van der Waals surface area contributed by atoms with E-state index in [1.54, 1.807) is 6.92 Å². The molecule has 1 heterocycles. The molecule has 0 saturated heterocycles. The lowest BCUT2D eigenvalue weighted by molar-refractivity contribution is -0.144. The third-order valence-electron chi connectivity index (χ3n) is 2.07. The Hall–Kier alpha value is -1.50. The summed E-state index contributed by atoms with van der Waals surface area (Å²) >= 11 is 0.963. The van der Waals surface area contributed by atoms with Crippen molar-refractivity contribution in [1.82, 2.24) is 13.6 Å². The minimum Gasteiger partial charge on any atom is -0.465 e. The van der Waals surface area contributed by atoms with E-state index in [2.05, 4.69) is 8.75 Å². The summed E-state index contributed by atoms with van der Waals surface area (Å²) in [5.41, 5.74) is 0.257. The van der Waals surface area contributed by atoms with Crippen LogP contribution in [0.3, 0.4) is 0 Å². The van der Waals surface area contributed by atoms with Crippen LogP contribution in [0.5, 0.6) is 0 Å². The van der Waals surface area contributed by atoms with Crippen LogP contribution >= 0.6 is 11.7 Å². The Kier molecular flexibility index (Phi) is 5.02. The summed E-state index contributed by atoms with van der Waals surface area (Å²) in [5.74, 6) is -0.723. The van der Waals surface area contributed by atoms with Crippen molar-refractivity contribution in [3.63, 3.8) is 0 Å². The molecule has 94 valence electrons. The van der Waals surface area contributed by atoms with Crippen LogP contribution in [-0.4, -0.2) is 44.7 Å². The van der Waals surface area contributed by atoms with Crippen molar-refractivity contribution < 1.29 is 14.3 Å². The molecule has 6 nitrogen and oxygen atoms in total. The monoisotopic (exact) mass is 257 g/mol. The number of hydrogen-bond donors (Lipinski definition) is 0. The Morgan fingerprint density at radius 3 is 2.71 bits per heavy atom. The zero-order valence-electron chi connectivity index (χ0n) is 10.0. The van der Waals surface area contributed by atoms with Crippen molar-refractivity contribution in [2.75, 3.05) is 13.2 Å². The molecule has 1 aromatic heterocycles. The topological polar surface area (TPSA) is 72.4 Å². The number of aromatic nitrogens is 2. The van der Waals surface area contributed by atoms with Crippen LogP contribution in [0.15, 0.2) is 6.20 Å². The van der Waals surface area contributed by atoms with Crippen molar-refractivity contribution in [3.8, 4) is 0 Å². The standard InChI is InChI=1S/C10H15N3O3S/c1-4-16-9(14)6-13(7(2)3)10(15)8-5-11-17-12-8/h5,7H,4,6H2,1-3H3. The van der Waals surface area contributed by atoms with Crippen LogP contribution in [0.2, 0.25) is 0 Å². The number of hydrogen-bond acceptors (Lipinski definition) is 6. The lowest BCUT2D eigenvalue weighted by atomic mass is 10.3. The maximum atomic E-state index is 12.0. The highest BCUT2D eigenvalue weighted by Gasteiger charge is 2.23. The van der Waals surface area contributed by atoms with Gasteiger partial charge >= 0.3 is 5.97 Å². The van der Waals surface area contributed by atoms with E-state index in [0.717, 1.165) is 11.7 Å². The van der Waals surface area contributed by atoms with E-state index in [0.29, 0.717) is 6.61 Å². The van der Waals surface area contributed by atoms with Crippen LogP contribution < -0.4 is 0 Å². The second-order valence-corrected chi connectivity index (χ2v) is 4.18. The largest absolute Gasteiger partial charge is 0.465 e. The van der Waals surface area contributed by atoms with Gasteiger partial charge in [-0.05, 0) is 20.8 Å². The van der Waals surface area contributed by atoms with Crippen LogP contribution in [0.1, 0.15) is 31.3 Å². The van der Waals surface area contributed by atoms with E-state index in [1.807, 2.05) is 13.8 Å². The number of esters is 1. The van der Waals surface area contributed by atoms with Crippen LogP contribution in [-0.2, 0) is 9.53 Å². The molecule has 0 radical (unpaired) electrons. The van der Waals surface area contributed by atoms with Gasteiger partial charge in [-0.25, -0.2) is 0 Å².